The summed E-state index contributed by atoms with van der Waals surface area (Å²) in [7, 11) is -3.80. The lowest BCUT2D eigenvalue weighted by molar-refractivity contribution is -0.151. The molecule has 0 aliphatic heterocycles. The molecule has 0 saturated carbocycles. The zero-order valence-corrected chi connectivity index (χ0v) is 15.2. The van der Waals surface area contributed by atoms with Crippen LogP contribution in [0, 0.1) is 5.92 Å². The third-order valence-corrected chi connectivity index (χ3v) is 4.68. The molecule has 0 spiro atoms. The van der Waals surface area contributed by atoms with Crippen molar-refractivity contribution in [3.8, 4) is 11.4 Å². The highest BCUT2D eigenvalue weighted by Crippen LogP contribution is 2.15. The van der Waals surface area contributed by atoms with Gasteiger partial charge in [0.25, 0.3) is 0 Å². The zero-order chi connectivity index (χ0) is 18.4. The van der Waals surface area contributed by atoms with Gasteiger partial charge in [-0.2, -0.15) is 0 Å². The van der Waals surface area contributed by atoms with E-state index in [1.54, 1.807) is 20.8 Å². The van der Waals surface area contributed by atoms with Crippen molar-refractivity contribution in [1.82, 2.24) is 14.7 Å². The molecular weight excluding hydrogens is 342 g/mol. The van der Waals surface area contributed by atoms with Crippen LogP contribution in [0.25, 0.3) is 11.4 Å². The lowest BCUT2D eigenvalue weighted by Gasteiger charge is -2.14. The number of carbonyl (C=O) groups is 1. The molecule has 1 aromatic heterocycles. The monoisotopic (exact) mass is 363 g/mol. The van der Waals surface area contributed by atoms with Gasteiger partial charge in [-0.3, -0.25) is 4.79 Å². The highest BCUT2D eigenvalue weighted by atomic mass is 32.2. The van der Waals surface area contributed by atoms with Crippen LogP contribution in [-0.4, -0.2) is 37.0 Å². The minimum absolute atomic E-state index is 0.0587. The summed E-state index contributed by atoms with van der Waals surface area (Å²) in [6.45, 7) is 5.01. The van der Waals surface area contributed by atoms with Gasteiger partial charge in [-0.1, -0.05) is 37.3 Å². The SMILES string of the molecule is CC(C)OC(=O)C(C)CNS(=O)(=O)c1cnc(-c2ccccc2)nc1. The molecule has 0 bridgehead atoms. The Kier molecular flexibility index (Phi) is 6.22. The Morgan fingerprint density at radius 3 is 2.28 bits per heavy atom. The van der Waals surface area contributed by atoms with E-state index in [2.05, 4.69) is 14.7 Å². The van der Waals surface area contributed by atoms with Crippen LogP contribution >= 0.6 is 0 Å². The highest BCUT2D eigenvalue weighted by molar-refractivity contribution is 7.89. The van der Waals surface area contributed by atoms with Crippen LogP contribution in [0.4, 0.5) is 0 Å². The van der Waals surface area contributed by atoms with E-state index in [1.165, 1.54) is 12.4 Å². The molecule has 8 heteroatoms. The third-order valence-electron chi connectivity index (χ3n) is 3.30. The number of esters is 1. The fourth-order valence-electron chi connectivity index (χ4n) is 1.94. The van der Waals surface area contributed by atoms with Crippen molar-refractivity contribution >= 4 is 16.0 Å². The molecule has 25 heavy (non-hydrogen) atoms. The number of hydrogen-bond acceptors (Lipinski definition) is 6. The summed E-state index contributed by atoms with van der Waals surface area (Å²) >= 11 is 0. The van der Waals surface area contributed by atoms with Gasteiger partial charge in [-0.05, 0) is 13.8 Å². The molecule has 0 aliphatic carbocycles. The zero-order valence-electron chi connectivity index (χ0n) is 14.3. The lowest BCUT2D eigenvalue weighted by atomic mass is 10.2. The van der Waals surface area contributed by atoms with Crippen molar-refractivity contribution in [2.45, 2.75) is 31.8 Å². The molecule has 0 saturated heterocycles. The van der Waals surface area contributed by atoms with Gasteiger partial charge in [0.2, 0.25) is 10.0 Å². The summed E-state index contributed by atoms with van der Waals surface area (Å²) < 4.78 is 32.0. The molecule has 1 heterocycles. The van der Waals surface area contributed by atoms with E-state index < -0.39 is 21.9 Å². The van der Waals surface area contributed by atoms with E-state index in [4.69, 9.17) is 4.74 Å². The lowest BCUT2D eigenvalue weighted by Crippen LogP contribution is -2.33. The van der Waals surface area contributed by atoms with Gasteiger partial charge in [-0.15, -0.1) is 0 Å². The van der Waals surface area contributed by atoms with Crippen LogP contribution in [-0.2, 0) is 19.6 Å². The Hall–Kier alpha value is -2.32. The van der Waals surface area contributed by atoms with Crippen LogP contribution in [0.2, 0.25) is 0 Å². The van der Waals surface area contributed by atoms with Crippen LogP contribution in [0.1, 0.15) is 20.8 Å². The van der Waals surface area contributed by atoms with Crippen LogP contribution < -0.4 is 4.72 Å². The van der Waals surface area contributed by atoms with Crippen molar-refractivity contribution in [3.05, 3.63) is 42.7 Å². The van der Waals surface area contributed by atoms with Crippen molar-refractivity contribution in [3.63, 3.8) is 0 Å². The van der Waals surface area contributed by atoms with Gasteiger partial charge in [0, 0.05) is 12.1 Å². The normalized spacial score (nSPS) is 12.8. The average Bonchev–Trinajstić information content (AvgIpc) is 2.60. The average molecular weight is 363 g/mol. The molecular formula is C17H21N3O4S. The number of hydrogen-bond donors (Lipinski definition) is 1. The maximum atomic E-state index is 12.3. The topological polar surface area (TPSA) is 98.2 Å². The molecule has 0 radical (unpaired) electrons. The highest BCUT2D eigenvalue weighted by Gasteiger charge is 2.21. The number of carbonyl (C=O) groups excluding carboxylic acids is 1. The molecule has 0 amide bonds. The number of rotatable bonds is 7. The van der Waals surface area contributed by atoms with Crippen LogP contribution in [0.5, 0.6) is 0 Å². The summed E-state index contributed by atoms with van der Waals surface area (Å²) in [6, 6.07) is 9.25. The predicted octanol–water partition coefficient (Wildman–Crippen LogP) is 2.01. The predicted molar refractivity (Wildman–Crippen MR) is 93.0 cm³/mol. The molecule has 1 N–H and O–H groups in total. The van der Waals surface area contributed by atoms with Crippen molar-refractivity contribution < 1.29 is 17.9 Å². The fraction of sp³-hybridized carbons (Fsp3) is 0.353. The van der Waals surface area contributed by atoms with Crippen LogP contribution in [0.15, 0.2) is 47.6 Å². The van der Waals surface area contributed by atoms with E-state index in [9.17, 15) is 13.2 Å². The second kappa shape index (κ2) is 8.17. The summed E-state index contributed by atoms with van der Waals surface area (Å²) in [5.74, 6) is -0.608. The minimum Gasteiger partial charge on any atom is -0.463 e. The number of nitrogens with one attached hydrogen (secondary N) is 1. The van der Waals surface area contributed by atoms with E-state index in [-0.39, 0.29) is 17.5 Å². The van der Waals surface area contributed by atoms with Gasteiger partial charge in [-0.25, -0.2) is 23.1 Å². The molecule has 2 rings (SSSR count). The molecule has 0 aliphatic rings. The summed E-state index contributed by atoms with van der Waals surface area (Å²) in [5.41, 5.74) is 0.796. The Labute approximate surface area is 147 Å². The first-order valence-corrected chi connectivity index (χ1v) is 9.35. The van der Waals surface area contributed by atoms with E-state index >= 15 is 0 Å². The van der Waals surface area contributed by atoms with Gasteiger partial charge < -0.3 is 4.74 Å². The first kappa shape index (κ1) is 19.0. The molecule has 134 valence electrons. The molecule has 1 unspecified atom stereocenters. The Morgan fingerprint density at radius 1 is 1.12 bits per heavy atom. The number of aromatic nitrogens is 2. The first-order chi connectivity index (χ1) is 11.8. The molecule has 7 nitrogen and oxygen atoms in total. The van der Waals surface area contributed by atoms with E-state index in [0.29, 0.717) is 5.82 Å². The van der Waals surface area contributed by atoms with Gasteiger partial charge >= 0.3 is 5.97 Å². The largest absolute Gasteiger partial charge is 0.463 e. The number of nitrogens with zero attached hydrogens (tertiary/aromatic N) is 2. The summed E-state index contributed by atoms with van der Waals surface area (Å²) in [4.78, 5) is 19.9. The molecule has 1 aromatic carbocycles. The van der Waals surface area contributed by atoms with Gasteiger partial charge in [0.15, 0.2) is 5.82 Å². The van der Waals surface area contributed by atoms with Crippen LogP contribution in [0.3, 0.4) is 0 Å². The maximum Gasteiger partial charge on any atom is 0.310 e. The molecule has 1 atom stereocenters. The number of sulfonamides is 1. The smallest absolute Gasteiger partial charge is 0.310 e. The summed E-state index contributed by atoms with van der Waals surface area (Å²) in [6.07, 6.45) is 2.24. The molecule has 2 aromatic rings. The number of ether oxygens (including phenoxy) is 1. The fourth-order valence-corrected chi connectivity index (χ4v) is 2.96. The standard InChI is InChI=1S/C17H21N3O4S/c1-12(2)24-17(21)13(3)9-20-25(22,23)15-10-18-16(19-11-15)14-7-5-4-6-8-14/h4-8,10-13,20H,9H2,1-3H3. The first-order valence-electron chi connectivity index (χ1n) is 7.87. The minimum atomic E-state index is -3.80. The maximum absolute atomic E-state index is 12.3. The Morgan fingerprint density at radius 2 is 1.72 bits per heavy atom. The van der Waals surface area contributed by atoms with E-state index in [0.717, 1.165) is 5.56 Å². The van der Waals surface area contributed by atoms with Gasteiger partial charge in [0.05, 0.1) is 24.4 Å². The second-order valence-electron chi connectivity index (χ2n) is 5.85. The van der Waals surface area contributed by atoms with Crippen molar-refractivity contribution in [2.75, 3.05) is 6.54 Å². The Bertz CT molecular complexity index is 806. The summed E-state index contributed by atoms with van der Waals surface area (Å²) in [5, 5.41) is 0. The molecule has 0 fully saturated rings. The second-order valence-corrected chi connectivity index (χ2v) is 7.61. The van der Waals surface area contributed by atoms with E-state index in [1.807, 2.05) is 30.3 Å². The Balaban J connectivity index is 2.03. The third kappa shape index (κ3) is 5.33. The van der Waals surface area contributed by atoms with Gasteiger partial charge in [0.1, 0.15) is 4.90 Å². The van der Waals surface area contributed by atoms with Crippen molar-refractivity contribution in [2.24, 2.45) is 5.92 Å². The number of benzene rings is 1. The van der Waals surface area contributed by atoms with Crippen molar-refractivity contribution in [1.29, 1.82) is 0 Å². The quantitative estimate of drug-likeness (QED) is 0.756.